The van der Waals surface area contributed by atoms with Gasteiger partial charge in [-0.15, -0.1) is 0 Å². The maximum Gasteiger partial charge on any atom is 0.253 e. The maximum absolute atomic E-state index is 13.1. The van der Waals surface area contributed by atoms with Crippen LogP contribution in [0.5, 0.6) is 0 Å². The zero-order valence-electron chi connectivity index (χ0n) is 17.7. The zero-order valence-corrected chi connectivity index (χ0v) is 17.7. The average Bonchev–Trinajstić information content (AvgIpc) is 3.32. The molecule has 5 rings (SSSR count). The topological polar surface area (TPSA) is 81.4 Å². The number of pyridine rings is 1. The first kappa shape index (κ1) is 20.1. The van der Waals surface area contributed by atoms with E-state index in [0.29, 0.717) is 11.8 Å². The quantitative estimate of drug-likeness (QED) is 0.621. The standard InChI is InChI=1S/C24H28N4O3/c29-24(20-6-7-21-19(15-20)4-1-11-25-21)28-12-2-3-17(16-28)5-8-22-26-23(31-27-22)18-9-13-30-14-10-18/h1,4,6-7,11,15,17-18H,2-3,5,8-10,12-14,16H2. The molecule has 0 spiro atoms. The van der Waals surface area contributed by atoms with Crippen molar-refractivity contribution in [1.82, 2.24) is 20.0 Å². The van der Waals surface area contributed by atoms with Gasteiger partial charge in [0.2, 0.25) is 5.89 Å². The lowest BCUT2D eigenvalue weighted by molar-refractivity contribution is 0.0668. The molecule has 0 bridgehead atoms. The van der Waals surface area contributed by atoms with Crippen LogP contribution >= 0.6 is 0 Å². The number of amides is 1. The molecule has 7 nitrogen and oxygen atoms in total. The summed E-state index contributed by atoms with van der Waals surface area (Å²) in [6, 6.07) is 9.66. The molecular weight excluding hydrogens is 392 g/mol. The van der Waals surface area contributed by atoms with Gasteiger partial charge in [-0.25, -0.2) is 0 Å². The van der Waals surface area contributed by atoms with Crippen LogP contribution in [0, 0.1) is 5.92 Å². The summed E-state index contributed by atoms with van der Waals surface area (Å²) in [6.07, 6.45) is 7.61. The van der Waals surface area contributed by atoms with E-state index in [2.05, 4.69) is 15.1 Å². The van der Waals surface area contributed by atoms with Crippen molar-refractivity contribution in [3.8, 4) is 0 Å². The van der Waals surface area contributed by atoms with Gasteiger partial charge >= 0.3 is 0 Å². The normalized spacial score (nSPS) is 20.3. The lowest BCUT2D eigenvalue weighted by Crippen LogP contribution is -2.40. The van der Waals surface area contributed by atoms with E-state index in [4.69, 9.17) is 9.26 Å². The highest BCUT2D eigenvalue weighted by Gasteiger charge is 2.26. The van der Waals surface area contributed by atoms with Gasteiger partial charge in [-0.3, -0.25) is 9.78 Å². The summed E-state index contributed by atoms with van der Waals surface area (Å²) >= 11 is 0. The Hall–Kier alpha value is -2.80. The fourth-order valence-electron chi connectivity index (χ4n) is 4.69. The Kier molecular flexibility index (Phi) is 5.93. The summed E-state index contributed by atoms with van der Waals surface area (Å²) in [6.45, 7) is 3.13. The summed E-state index contributed by atoms with van der Waals surface area (Å²) in [4.78, 5) is 24.1. The lowest BCUT2D eigenvalue weighted by Gasteiger charge is -2.32. The van der Waals surface area contributed by atoms with Crippen molar-refractivity contribution in [2.75, 3.05) is 26.3 Å². The van der Waals surface area contributed by atoms with E-state index in [1.54, 1.807) is 6.20 Å². The van der Waals surface area contributed by atoms with E-state index in [-0.39, 0.29) is 5.91 Å². The maximum atomic E-state index is 13.1. The van der Waals surface area contributed by atoms with E-state index in [0.717, 1.165) is 93.0 Å². The highest BCUT2D eigenvalue weighted by Crippen LogP contribution is 2.27. The van der Waals surface area contributed by atoms with Gasteiger partial charge in [-0.2, -0.15) is 4.98 Å². The molecule has 162 valence electrons. The largest absolute Gasteiger partial charge is 0.381 e. The highest BCUT2D eigenvalue weighted by molar-refractivity contribution is 5.98. The molecule has 0 aliphatic carbocycles. The van der Waals surface area contributed by atoms with Crippen LogP contribution in [0.1, 0.15) is 60.1 Å². The Labute approximate surface area is 181 Å². The van der Waals surface area contributed by atoms with Crippen molar-refractivity contribution < 1.29 is 14.1 Å². The van der Waals surface area contributed by atoms with E-state index in [1.165, 1.54) is 0 Å². The lowest BCUT2D eigenvalue weighted by atomic mass is 9.92. The number of aryl methyl sites for hydroxylation is 1. The molecule has 31 heavy (non-hydrogen) atoms. The van der Waals surface area contributed by atoms with Crippen LogP contribution in [0.3, 0.4) is 0 Å². The molecule has 1 amide bonds. The van der Waals surface area contributed by atoms with Gasteiger partial charge in [0, 0.05) is 55.8 Å². The van der Waals surface area contributed by atoms with E-state index < -0.39 is 0 Å². The molecule has 2 fully saturated rings. The molecule has 2 aromatic heterocycles. The number of hydrogen-bond donors (Lipinski definition) is 0. The Balaban J connectivity index is 1.18. The fourth-order valence-corrected chi connectivity index (χ4v) is 4.69. The van der Waals surface area contributed by atoms with Crippen LogP contribution < -0.4 is 0 Å². The van der Waals surface area contributed by atoms with Crippen LogP contribution in [-0.4, -0.2) is 52.2 Å². The molecule has 3 aromatic rings. The minimum atomic E-state index is 0.108. The fraction of sp³-hybridized carbons (Fsp3) is 0.500. The molecule has 0 saturated carbocycles. The predicted octanol–water partition coefficient (Wildman–Crippen LogP) is 4.00. The summed E-state index contributed by atoms with van der Waals surface area (Å²) in [5, 5.41) is 5.19. The monoisotopic (exact) mass is 420 g/mol. The number of carbonyl (C=O) groups excluding carboxylic acids is 1. The molecule has 1 atom stereocenters. The molecular formula is C24H28N4O3. The number of carbonyl (C=O) groups is 1. The first-order valence-electron chi connectivity index (χ1n) is 11.3. The van der Waals surface area contributed by atoms with Gasteiger partial charge in [-0.05, 0) is 62.3 Å². The number of fused-ring (bicyclic) bond motifs is 1. The van der Waals surface area contributed by atoms with Gasteiger partial charge in [0.05, 0.1) is 5.52 Å². The van der Waals surface area contributed by atoms with Crippen LogP contribution in [0.15, 0.2) is 41.1 Å². The van der Waals surface area contributed by atoms with Gasteiger partial charge in [0.1, 0.15) is 0 Å². The van der Waals surface area contributed by atoms with Gasteiger partial charge in [-0.1, -0.05) is 11.2 Å². The zero-order chi connectivity index (χ0) is 21.0. The SMILES string of the molecule is O=C(c1ccc2ncccc2c1)N1CCCC(CCc2noc(C3CCOCC3)n2)C1. The van der Waals surface area contributed by atoms with Gasteiger partial charge < -0.3 is 14.2 Å². The molecule has 0 radical (unpaired) electrons. The van der Waals surface area contributed by atoms with Gasteiger partial charge in [0.15, 0.2) is 5.82 Å². The third-order valence-corrected chi connectivity index (χ3v) is 6.49. The van der Waals surface area contributed by atoms with Crippen LogP contribution in [0.25, 0.3) is 10.9 Å². The number of nitrogens with zero attached hydrogens (tertiary/aromatic N) is 4. The second kappa shape index (κ2) is 9.14. The molecule has 2 aliphatic rings. The van der Waals surface area contributed by atoms with Gasteiger partial charge in [0.25, 0.3) is 5.91 Å². The third kappa shape index (κ3) is 4.61. The minimum absolute atomic E-state index is 0.108. The number of piperidine rings is 1. The van der Waals surface area contributed by atoms with E-state index in [1.807, 2.05) is 35.2 Å². The number of ether oxygens (including phenoxy) is 1. The smallest absolute Gasteiger partial charge is 0.253 e. The van der Waals surface area contributed by atoms with E-state index >= 15 is 0 Å². The Bertz CT molecular complexity index is 1040. The number of rotatable bonds is 5. The number of benzene rings is 1. The minimum Gasteiger partial charge on any atom is -0.381 e. The van der Waals surface area contributed by atoms with Crippen molar-refractivity contribution in [3.05, 3.63) is 53.8 Å². The van der Waals surface area contributed by atoms with Crippen molar-refractivity contribution >= 4 is 16.8 Å². The van der Waals surface area contributed by atoms with E-state index in [9.17, 15) is 4.79 Å². The highest BCUT2D eigenvalue weighted by atomic mass is 16.5. The van der Waals surface area contributed by atoms with Crippen LogP contribution in [-0.2, 0) is 11.2 Å². The second-order valence-corrected chi connectivity index (χ2v) is 8.64. The van der Waals surface area contributed by atoms with Crippen molar-refractivity contribution in [3.63, 3.8) is 0 Å². The van der Waals surface area contributed by atoms with Crippen molar-refractivity contribution in [1.29, 1.82) is 0 Å². The van der Waals surface area contributed by atoms with Crippen LogP contribution in [0.4, 0.5) is 0 Å². The summed E-state index contributed by atoms with van der Waals surface area (Å²) in [7, 11) is 0. The molecule has 2 saturated heterocycles. The average molecular weight is 421 g/mol. The molecule has 2 aliphatic heterocycles. The summed E-state index contributed by atoms with van der Waals surface area (Å²) in [5.74, 6) is 2.44. The summed E-state index contributed by atoms with van der Waals surface area (Å²) in [5.41, 5.74) is 1.65. The second-order valence-electron chi connectivity index (χ2n) is 8.64. The number of aromatic nitrogens is 3. The molecule has 4 heterocycles. The van der Waals surface area contributed by atoms with Crippen LogP contribution in [0.2, 0.25) is 0 Å². The Morgan fingerprint density at radius 1 is 1.16 bits per heavy atom. The Morgan fingerprint density at radius 3 is 2.97 bits per heavy atom. The predicted molar refractivity (Wildman–Crippen MR) is 116 cm³/mol. The molecule has 1 aromatic carbocycles. The third-order valence-electron chi connectivity index (χ3n) is 6.49. The molecule has 1 unspecified atom stereocenters. The Morgan fingerprint density at radius 2 is 2.06 bits per heavy atom. The first-order chi connectivity index (χ1) is 15.3. The molecule has 0 N–H and O–H groups in total. The number of likely N-dealkylation sites (tertiary alicyclic amines) is 1. The van der Waals surface area contributed by atoms with Crippen molar-refractivity contribution in [2.45, 2.75) is 44.4 Å². The van der Waals surface area contributed by atoms with Crippen molar-refractivity contribution in [2.24, 2.45) is 5.92 Å². The summed E-state index contributed by atoms with van der Waals surface area (Å²) < 4.78 is 10.9. The molecule has 7 heteroatoms. The first-order valence-corrected chi connectivity index (χ1v) is 11.3. The number of hydrogen-bond acceptors (Lipinski definition) is 6.